The van der Waals surface area contributed by atoms with Gasteiger partial charge in [-0.15, -0.1) is 0 Å². The number of nitrogens with one attached hydrogen (secondary N) is 1. The van der Waals surface area contributed by atoms with Crippen molar-refractivity contribution in [2.24, 2.45) is 11.3 Å². The quantitative estimate of drug-likeness (QED) is 0.526. The first-order chi connectivity index (χ1) is 7.82. The molecule has 1 rings (SSSR count). The maximum Gasteiger partial charge on any atom is 0.251 e. The molecule has 0 amide bonds. The van der Waals surface area contributed by atoms with Crippen molar-refractivity contribution in [2.45, 2.75) is 32.9 Å². The molecule has 1 atom stereocenters. The molecule has 5 heteroatoms. The first kappa shape index (κ1) is 14.8. The molecule has 0 aliphatic rings. The molecule has 0 aliphatic carbocycles. The van der Waals surface area contributed by atoms with Gasteiger partial charge in [-0.1, -0.05) is 48.5 Å². The van der Waals surface area contributed by atoms with E-state index in [4.69, 9.17) is 0 Å². The predicted molar refractivity (Wildman–Crippen MR) is 77.1 cm³/mol. The molecule has 0 saturated carbocycles. The van der Waals surface area contributed by atoms with Crippen LogP contribution in [0.4, 0.5) is 0 Å². The Kier molecular flexibility index (Phi) is 5.25. The molecule has 1 aromatic rings. The third kappa shape index (κ3) is 4.84. The van der Waals surface area contributed by atoms with Gasteiger partial charge in [0.15, 0.2) is 5.16 Å². The van der Waals surface area contributed by atoms with Crippen molar-refractivity contribution >= 4 is 27.7 Å². The molecule has 0 aromatic carbocycles. The van der Waals surface area contributed by atoms with E-state index in [-0.39, 0.29) is 11.0 Å². The number of aromatic nitrogens is 2. The molecule has 3 nitrogen and oxygen atoms in total. The molecule has 0 spiro atoms. The van der Waals surface area contributed by atoms with Crippen LogP contribution in [0, 0.1) is 18.3 Å². The number of halogens is 1. The van der Waals surface area contributed by atoms with Crippen molar-refractivity contribution in [3.63, 3.8) is 0 Å². The van der Waals surface area contributed by atoms with E-state index in [1.165, 1.54) is 6.07 Å². The number of aromatic amines is 1. The number of rotatable bonds is 4. The van der Waals surface area contributed by atoms with Crippen molar-refractivity contribution in [1.82, 2.24) is 9.97 Å². The SMILES string of the molecule is Cc1cc(=O)[nH]c(SCC(CBr)C(C)(C)C)n1. The zero-order valence-electron chi connectivity index (χ0n) is 10.7. The van der Waals surface area contributed by atoms with E-state index in [0.717, 1.165) is 16.8 Å². The largest absolute Gasteiger partial charge is 0.301 e. The average Bonchev–Trinajstić information content (AvgIpc) is 2.14. The highest BCUT2D eigenvalue weighted by molar-refractivity contribution is 9.09. The number of thioether (sulfide) groups is 1. The number of hydrogen-bond donors (Lipinski definition) is 1. The molecule has 0 aliphatic heterocycles. The van der Waals surface area contributed by atoms with E-state index in [1.54, 1.807) is 11.8 Å². The molecular formula is C12H19BrN2OS. The zero-order chi connectivity index (χ0) is 13.1. The summed E-state index contributed by atoms with van der Waals surface area (Å²) in [5.74, 6) is 1.49. The lowest BCUT2D eigenvalue weighted by Gasteiger charge is -2.28. The lowest BCUT2D eigenvalue weighted by molar-refractivity contribution is 0.295. The molecule has 96 valence electrons. The molecule has 17 heavy (non-hydrogen) atoms. The van der Waals surface area contributed by atoms with Crippen LogP contribution in [0.15, 0.2) is 16.0 Å². The van der Waals surface area contributed by atoms with Gasteiger partial charge in [-0.3, -0.25) is 4.79 Å². The third-order valence-corrected chi connectivity index (χ3v) is 4.50. The maximum absolute atomic E-state index is 11.3. The van der Waals surface area contributed by atoms with E-state index in [1.807, 2.05) is 6.92 Å². The zero-order valence-corrected chi connectivity index (χ0v) is 13.1. The van der Waals surface area contributed by atoms with Gasteiger partial charge in [0.25, 0.3) is 5.56 Å². The lowest BCUT2D eigenvalue weighted by Crippen LogP contribution is -2.24. The summed E-state index contributed by atoms with van der Waals surface area (Å²) < 4.78 is 0. The van der Waals surface area contributed by atoms with E-state index >= 15 is 0 Å². The van der Waals surface area contributed by atoms with Crippen LogP contribution in [0.2, 0.25) is 0 Å². The van der Waals surface area contributed by atoms with Crippen molar-refractivity contribution in [3.05, 3.63) is 22.1 Å². The number of aryl methyl sites for hydroxylation is 1. The predicted octanol–water partition coefficient (Wildman–Crippen LogP) is 3.23. The first-order valence-electron chi connectivity index (χ1n) is 5.59. The average molecular weight is 319 g/mol. The second-order valence-electron chi connectivity index (χ2n) is 5.22. The standard InChI is InChI=1S/C12H19BrN2OS/c1-8-5-10(16)15-11(14-8)17-7-9(6-13)12(2,3)4/h5,9H,6-7H2,1-4H3,(H,14,15,16). The lowest BCUT2D eigenvalue weighted by atomic mass is 9.83. The molecule has 1 unspecified atom stereocenters. The highest BCUT2D eigenvalue weighted by Gasteiger charge is 2.23. The Balaban J connectivity index is 2.69. The van der Waals surface area contributed by atoms with Crippen molar-refractivity contribution in [1.29, 1.82) is 0 Å². The summed E-state index contributed by atoms with van der Waals surface area (Å²) >= 11 is 5.16. The Morgan fingerprint density at radius 1 is 1.53 bits per heavy atom. The molecule has 0 radical (unpaired) electrons. The minimum absolute atomic E-state index is 0.0776. The Morgan fingerprint density at radius 3 is 2.65 bits per heavy atom. The first-order valence-corrected chi connectivity index (χ1v) is 7.70. The summed E-state index contributed by atoms with van der Waals surface area (Å²) in [6.07, 6.45) is 0. The van der Waals surface area contributed by atoms with Crippen LogP contribution in [-0.4, -0.2) is 21.1 Å². The molecule has 0 bridgehead atoms. The van der Waals surface area contributed by atoms with Crippen molar-refractivity contribution < 1.29 is 0 Å². The number of alkyl halides is 1. The molecule has 0 fully saturated rings. The second-order valence-corrected chi connectivity index (χ2v) is 6.88. The maximum atomic E-state index is 11.3. The van der Waals surface area contributed by atoms with Crippen LogP contribution >= 0.6 is 27.7 Å². The fraction of sp³-hybridized carbons (Fsp3) is 0.667. The summed E-state index contributed by atoms with van der Waals surface area (Å²) in [6.45, 7) is 8.52. The van der Waals surface area contributed by atoms with Gasteiger partial charge in [-0.25, -0.2) is 4.98 Å². The van der Waals surface area contributed by atoms with Gasteiger partial charge in [0, 0.05) is 22.8 Å². The molecule has 1 aromatic heterocycles. The topological polar surface area (TPSA) is 45.8 Å². The molecule has 0 saturated heterocycles. The Hall–Kier alpha value is -0.290. The Labute approximate surface area is 115 Å². The number of H-pyrrole nitrogens is 1. The molecule has 1 N–H and O–H groups in total. The highest BCUT2D eigenvalue weighted by atomic mass is 79.9. The van der Waals surface area contributed by atoms with E-state index in [9.17, 15) is 4.79 Å². The Bertz CT molecular complexity index is 425. The van der Waals surface area contributed by atoms with Crippen LogP contribution in [-0.2, 0) is 0 Å². The van der Waals surface area contributed by atoms with Gasteiger partial charge in [0.2, 0.25) is 0 Å². The Morgan fingerprint density at radius 2 is 2.18 bits per heavy atom. The number of nitrogens with zero attached hydrogens (tertiary/aromatic N) is 1. The van der Waals surface area contributed by atoms with Gasteiger partial charge in [0.1, 0.15) is 0 Å². The monoisotopic (exact) mass is 318 g/mol. The van der Waals surface area contributed by atoms with Crippen LogP contribution in [0.1, 0.15) is 26.5 Å². The fourth-order valence-corrected chi connectivity index (χ4v) is 4.19. The van der Waals surface area contributed by atoms with Crippen LogP contribution in [0.25, 0.3) is 0 Å². The number of hydrogen-bond acceptors (Lipinski definition) is 3. The minimum atomic E-state index is -0.0776. The van der Waals surface area contributed by atoms with Crippen molar-refractivity contribution in [2.75, 3.05) is 11.1 Å². The summed E-state index contributed by atoms with van der Waals surface area (Å²) in [5.41, 5.74) is 0.939. The van der Waals surface area contributed by atoms with Gasteiger partial charge in [0.05, 0.1) is 0 Å². The molecular weight excluding hydrogens is 300 g/mol. The highest BCUT2D eigenvalue weighted by Crippen LogP contribution is 2.31. The van der Waals surface area contributed by atoms with E-state index in [0.29, 0.717) is 11.1 Å². The minimum Gasteiger partial charge on any atom is -0.301 e. The summed E-state index contributed by atoms with van der Waals surface area (Å²) in [5, 5.41) is 1.67. The summed E-state index contributed by atoms with van der Waals surface area (Å²) in [7, 11) is 0. The van der Waals surface area contributed by atoms with Crippen molar-refractivity contribution in [3.8, 4) is 0 Å². The van der Waals surface area contributed by atoms with E-state index in [2.05, 4.69) is 46.7 Å². The van der Waals surface area contributed by atoms with Crippen LogP contribution < -0.4 is 5.56 Å². The molecule has 1 heterocycles. The third-order valence-electron chi connectivity index (χ3n) is 2.68. The summed E-state index contributed by atoms with van der Waals surface area (Å²) in [4.78, 5) is 18.4. The van der Waals surface area contributed by atoms with Gasteiger partial charge in [-0.05, 0) is 18.3 Å². The second kappa shape index (κ2) is 6.05. The van der Waals surface area contributed by atoms with Gasteiger partial charge in [-0.2, -0.15) is 0 Å². The smallest absolute Gasteiger partial charge is 0.251 e. The fourth-order valence-electron chi connectivity index (χ4n) is 1.33. The van der Waals surface area contributed by atoms with Gasteiger partial charge < -0.3 is 4.98 Å². The van der Waals surface area contributed by atoms with Crippen LogP contribution in [0.3, 0.4) is 0 Å². The van der Waals surface area contributed by atoms with E-state index < -0.39 is 0 Å². The normalized spacial score (nSPS) is 13.7. The van der Waals surface area contributed by atoms with Gasteiger partial charge >= 0.3 is 0 Å². The summed E-state index contributed by atoms with van der Waals surface area (Å²) in [6, 6.07) is 1.51. The van der Waals surface area contributed by atoms with Crippen LogP contribution in [0.5, 0.6) is 0 Å².